The minimum atomic E-state index is -0.124. The summed E-state index contributed by atoms with van der Waals surface area (Å²) in [5.74, 6) is 0.817. The third-order valence-corrected chi connectivity index (χ3v) is 8.82. The minimum Gasteiger partial charge on any atom is -0.497 e. The Kier molecular flexibility index (Phi) is 5.70. The lowest BCUT2D eigenvalue weighted by Crippen LogP contribution is -2.14. The van der Waals surface area contributed by atoms with Gasteiger partial charge in [-0.15, -0.1) is 21.5 Å². The summed E-state index contributed by atoms with van der Waals surface area (Å²) in [4.78, 5) is 23.5. The lowest BCUT2D eigenvalue weighted by Gasteiger charge is -2.09. The van der Waals surface area contributed by atoms with Gasteiger partial charge in [0.05, 0.1) is 24.1 Å². The largest absolute Gasteiger partial charge is 0.497 e. The van der Waals surface area contributed by atoms with E-state index in [0.29, 0.717) is 10.8 Å². The Balaban J connectivity index is 1.22. The molecule has 0 spiro atoms. The molecule has 0 fully saturated rings. The number of rotatable bonds is 6. The van der Waals surface area contributed by atoms with Crippen molar-refractivity contribution in [3.8, 4) is 17.0 Å². The van der Waals surface area contributed by atoms with Crippen LogP contribution in [0.15, 0.2) is 66.1 Å². The fourth-order valence-electron chi connectivity index (χ4n) is 5.07. The Morgan fingerprint density at radius 3 is 2.71 bits per heavy atom. The van der Waals surface area contributed by atoms with Crippen LogP contribution in [0.25, 0.3) is 37.3 Å². The van der Waals surface area contributed by atoms with Gasteiger partial charge in [0.15, 0.2) is 10.8 Å². The van der Waals surface area contributed by atoms with Crippen molar-refractivity contribution < 1.29 is 9.53 Å². The Hall–Kier alpha value is -4.02. The molecule has 8 nitrogen and oxygen atoms in total. The van der Waals surface area contributed by atoms with E-state index in [0.717, 1.165) is 62.3 Å². The van der Waals surface area contributed by atoms with E-state index in [1.165, 1.54) is 22.9 Å². The molecule has 0 atom stereocenters. The highest BCUT2D eigenvalue weighted by molar-refractivity contribution is 7.99. The van der Waals surface area contributed by atoms with Gasteiger partial charge in [0.1, 0.15) is 21.6 Å². The predicted octanol–water partition coefficient (Wildman–Crippen LogP) is 5.78. The first-order valence-electron chi connectivity index (χ1n) is 12.3. The highest BCUT2D eigenvalue weighted by atomic mass is 32.2. The molecule has 188 valence electrons. The first kappa shape index (κ1) is 23.1. The molecular formula is C28H22N6O2S2. The molecule has 0 radical (unpaired) electrons. The summed E-state index contributed by atoms with van der Waals surface area (Å²) < 4.78 is 8.00. The van der Waals surface area contributed by atoms with Crippen LogP contribution < -0.4 is 10.1 Å². The number of methoxy groups -OCH3 is 1. The average molecular weight is 539 g/mol. The Morgan fingerprint density at radius 1 is 1.08 bits per heavy atom. The highest BCUT2D eigenvalue weighted by Gasteiger charge is 2.25. The quantitative estimate of drug-likeness (QED) is 0.269. The summed E-state index contributed by atoms with van der Waals surface area (Å²) in [5, 5.41) is 13.5. The standard InChI is InChI=1S/C28H22N6O2S2/c1-36-18-12-10-17(11-13-18)30-21(35)14-37-28-33-32-26-25-24(29-15-34(26)28)22-19-8-5-9-20(19)23(31-27(22)38-25)16-6-3-2-4-7-16/h2-4,6-7,10-13,15H,5,8-9,14H2,1H3,(H,30,35). The topological polar surface area (TPSA) is 94.3 Å². The van der Waals surface area contributed by atoms with E-state index in [4.69, 9.17) is 14.7 Å². The lowest BCUT2D eigenvalue weighted by molar-refractivity contribution is -0.113. The third-order valence-electron chi connectivity index (χ3n) is 6.81. The fraction of sp³-hybridized carbons (Fsp3) is 0.179. The Labute approximate surface area is 226 Å². The molecule has 4 aromatic heterocycles. The molecule has 38 heavy (non-hydrogen) atoms. The van der Waals surface area contributed by atoms with Gasteiger partial charge >= 0.3 is 0 Å². The molecule has 0 unspecified atom stereocenters. The molecule has 0 bridgehead atoms. The number of nitrogens with one attached hydrogen (secondary N) is 1. The van der Waals surface area contributed by atoms with E-state index in [-0.39, 0.29) is 11.7 Å². The van der Waals surface area contributed by atoms with Crippen molar-refractivity contribution >= 4 is 60.8 Å². The molecule has 1 N–H and O–H groups in total. The van der Waals surface area contributed by atoms with E-state index in [1.54, 1.807) is 24.8 Å². The maximum Gasteiger partial charge on any atom is 0.234 e. The predicted molar refractivity (Wildman–Crippen MR) is 151 cm³/mol. The molecule has 1 aliphatic carbocycles. The number of amides is 1. The second kappa shape index (κ2) is 9.38. The van der Waals surface area contributed by atoms with Crippen LogP contribution in [-0.4, -0.2) is 43.3 Å². The van der Waals surface area contributed by atoms with E-state index < -0.39 is 0 Å². The number of carbonyl (C=O) groups is 1. The number of pyridine rings is 1. The van der Waals surface area contributed by atoms with Crippen LogP contribution >= 0.6 is 23.1 Å². The SMILES string of the molecule is COc1ccc(NC(=O)CSc2nnc3c4sc5nc(-c6ccccc6)c6c(c5c4ncn23)CCC6)cc1. The van der Waals surface area contributed by atoms with Crippen LogP contribution in [0.4, 0.5) is 5.69 Å². The summed E-state index contributed by atoms with van der Waals surface area (Å²) in [5.41, 5.74) is 7.32. The monoisotopic (exact) mass is 538 g/mol. The molecule has 0 aliphatic heterocycles. The number of thiophene rings is 1. The summed E-state index contributed by atoms with van der Waals surface area (Å²) >= 11 is 2.94. The Morgan fingerprint density at radius 2 is 1.89 bits per heavy atom. The number of aromatic nitrogens is 5. The van der Waals surface area contributed by atoms with Crippen LogP contribution in [-0.2, 0) is 17.6 Å². The van der Waals surface area contributed by atoms with Crippen molar-refractivity contribution in [1.82, 2.24) is 24.6 Å². The molecule has 7 rings (SSSR count). The highest BCUT2D eigenvalue weighted by Crippen LogP contribution is 2.42. The summed E-state index contributed by atoms with van der Waals surface area (Å²) in [7, 11) is 1.61. The molecule has 1 aliphatic rings. The molecule has 4 heterocycles. The van der Waals surface area contributed by atoms with Crippen molar-refractivity contribution in [1.29, 1.82) is 0 Å². The number of nitrogens with zero attached hydrogens (tertiary/aromatic N) is 5. The zero-order valence-electron chi connectivity index (χ0n) is 20.5. The van der Waals surface area contributed by atoms with Gasteiger partial charge in [0.2, 0.25) is 5.91 Å². The normalized spacial score (nSPS) is 12.9. The average Bonchev–Trinajstić information content (AvgIpc) is 3.68. The van der Waals surface area contributed by atoms with Gasteiger partial charge in [-0.05, 0) is 54.7 Å². The zero-order chi connectivity index (χ0) is 25.6. The van der Waals surface area contributed by atoms with Gasteiger partial charge in [-0.1, -0.05) is 42.1 Å². The van der Waals surface area contributed by atoms with Crippen LogP contribution in [0.1, 0.15) is 17.5 Å². The second-order valence-corrected chi connectivity index (χ2v) is 11.0. The molecule has 0 saturated carbocycles. The summed E-state index contributed by atoms with van der Waals surface area (Å²) in [6, 6.07) is 17.6. The number of hydrogen-bond acceptors (Lipinski definition) is 8. The molecule has 2 aromatic carbocycles. The van der Waals surface area contributed by atoms with Crippen molar-refractivity contribution in [3.63, 3.8) is 0 Å². The Bertz CT molecular complexity index is 1830. The molecule has 0 saturated heterocycles. The molecule has 1 amide bonds. The van der Waals surface area contributed by atoms with Crippen molar-refractivity contribution in [2.45, 2.75) is 24.4 Å². The number of carbonyl (C=O) groups excluding carboxylic acids is 1. The molecule has 10 heteroatoms. The number of benzene rings is 2. The van der Waals surface area contributed by atoms with Crippen molar-refractivity contribution in [2.75, 3.05) is 18.2 Å². The van der Waals surface area contributed by atoms with Gasteiger partial charge in [-0.25, -0.2) is 9.97 Å². The number of anilines is 1. The number of hydrogen-bond donors (Lipinski definition) is 1. The smallest absolute Gasteiger partial charge is 0.234 e. The third kappa shape index (κ3) is 3.88. The number of fused-ring (bicyclic) bond motifs is 7. The van der Waals surface area contributed by atoms with Gasteiger partial charge in [0, 0.05) is 16.6 Å². The maximum absolute atomic E-state index is 12.5. The van der Waals surface area contributed by atoms with Gasteiger partial charge in [0.25, 0.3) is 0 Å². The van der Waals surface area contributed by atoms with E-state index in [2.05, 4.69) is 39.8 Å². The van der Waals surface area contributed by atoms with E-state index in [1.807, 2.05) is 34.7 Å². The number of aryl methyl sites for hydroxylation is 1. The van der Waals surface area contributed by atoms with Gasteiger partial charge < -0.3 is 10.1 Å². The van der Waals surface area contributed by atoms with Crippen molar-refractivity contribution in [3.05, 3.63) is 72.1 Å². The van der Waals surface area contributed by atoms with Gasteiger partial charge in [-0.2, -0.15) is 0 Å². The van der Waals surface area contributed by atoms with E-state index >= 15 is 0 Å². The maximum atomic E-state index is 12.5. The lowest BCUT2D eigenvalue weighted by atomic mass is 10.0. The summed E-state index contributed by atoms with van der Waals surface area (Å²) in [6.07, 6.45) is 4.95. The fourth-order valence-corrected chi connectivity index (χ4v) is 6.91. The van der Waals surface area contributed by atoms with E-state index in [9.17, 15) is 4.79 Å². The second-order valence-electron chi connectivity index (χ2n) is 9.08. The number of ether oxygens (including phenoxy) is 1. The minimum absolute atomic E-state index is 0.124. The zero-order valence-corrected chi connectivity index (χ0v) is 22.1. The van der Waals surface area contributed by atoms with Crippen LogP contribution in [0.5, 0.6) is 5.75 Å². The van der Waals surface area contributed by atoms with Crippen LogP contribution in [0.3, 0.4) is 0 Å². The van der Waals surface area contributed by atoms with Crippen LogP contribution in [0.2, 0.25) is 0 Å². The number of thioether (sulfide) groups is 1. The van der Waals surface area contributed by atoms with Crippen molar-refractivity contribution in [2.24, 2.45) is 0 Å². The first-order valence-corrected chi connectivity index (χ1v) is 14.1. The van der Waals surface area contributed by atoms with Crippen LogP contribution in [0, 0.1) is 0 Å². The molecular weight excluding hydrogens is 516 g/mol. The summed E-state index contributed by atoms with van der Waals surface area (Å²) in [6.45, 7) is 0. The first-order chi connectivity index (χ1) is 18.7. The molecule has 6 aromatic rings. The van der Waals surface area contributed by atoms with Gasteiger partial charge in [-0.3, -0.25) is 9.20 Å².